The molecule has 0 aliphatic carbocycles. The van der Waals surface area contributed by atoms with Gasteiger partial charge in [0.2, 0.25) is 5.91 Å². The van der Waals surface area contributed by atoms with Gasteiger partial charge in [-0.05, 0) is 12.8 Å². The van der Waals surface area contributed by atoms with Gasteiger partial charge >= 0.3 is 8.80 Å². The predicted octanol–water partition coefficient (Wildman–Crippen LogP) is 1.74. The molecule has 0 saturated carbocycles. The van der Waals surface area contributed by atoms with Gasteiger partial charge in [0.05, 0.1) is 13.1 Å². The molecule has 3 N–H and O–H groups in total. The van der Waals surface area contributed by atoms with E-state index < -0.39 is 8.80 Å². The van der Waals surface area contributed by atoms with Crippen LogP contribution in [0.25, 0.3) is 0 Å². The minimum Gasteiger partial charge on any atom is -1.00 e. The summed E-state index contributed by atoms with van der Waals surface area (Å²) < 4.78 is 17.0. The Morgan fingerprint density at radius 3 is 1.53 bits per heavy atom. The quantitative estimate of drug-likeness (QED) is 0.183. The molecule has 1 unspecified atom stereocenters. The van der Waals surface area contributed by atoms with Crippen LogP contribution >= 0.6 is 0 Å². The van der Waals surface area contributed by atoms with E-state index in [4.69, 9.17) is 13.3 Å². The van der Waals surface area contributed by atoms with Crippen LogP contribution < -0.4 is 18.1 Å². The van der Waals surface area contributed by atoms with Crippen molar-refractivity contribution in [3.63, 3.8) is 0 Å². The number of carbonyl (C=O) groups is 1. The van der Waals surface area contributed by atoms with Crippen LogP contribution in [-0.2, 0) is 18.1 Å². The smallest absolute Gasteiger partial charge is 0.523 e. The van der Waals surface area contributed by atoms with Crippen molar-refractivity contribution in [3.8, 4) is 0 Å². The van der Waals surface area contributed by atoms with E-state index in [0.717, 1.165) is 19.3 Å². The van der Waals surface area contributed by atoms with Gasteiger partial charge in [0, 0.05) is 27.8 Å². The SMILES string of the molecule is CCCCCCCCCCCCCCCC(=O)N(CC[NH3+])C(CC)[Si](OC)(OC)OC.[Cl-]. The van der Waals surface area contributed by atoms with Gasteiger partial charge < -0.3 is 36.3 Å². The number of amides is 1. The van der Waals surface area contributed by atoms with Crippen molar-refractivity contribution >= 4 is 14.7 Å². The summed E-state index contributed by atoms with van der Waals surface area (Å²) in [5.41, 5.74) is 3.79. The first-order chi connectivity index (χ1) is 15.1. The molecule has 0 aromatic carbocycles. The second-order valence-electron chi connectivity index (χ2n) is 8.57. The number of carbonyl (C=O) groups excluding carboxylic acids is 1. The van der Waals surface area contributed by atoms with Crippen molar-refractivity contribution in [2.24, 2.45) is 0 Å². The molecule has 0 aliphatic heterocycles. The second-order valence-corrected chi connectivity index (χ2v) is 11.7. The lowest BCUT2D eigenvalue weighted by atomic mass is 10.0. The molecule has 0 bridgehead atoms. The summed E-state index contributed by atoms with van der Waals surface area (Å²) in [5.74, 6) is 0.168. The molecular weight excluding hydrogens is 444 g/mol. The average Bonchev–Trinajstić information content (AvgIpc) is 2.79. The van der Waals surface area contributed by atoms with Crippen LogP contribution in [0.3, 0.4) is 0 Å². The van der Waals surface area contributed by atoms with Crippen molar-refractivity contribution in [1.29, 1.82) is 0 Å². The highest BCUT2D eigenvalue weighted by molar-refractivity contribution is 6.62. The molecule has 8 heteroatoms. The molecule has 0 spiro atoms. The van der Waals surface area contributed by atoms with Crippen LogP contribution in [0.1, 0.15) is 110 Å². The maximum Gasteiger partial charge on any atom is 0.523 e. The standard InChI is InChI=1S/C24H52N2O4Si.ClH/c1-6-8-9-10-11-12-13-14-15-16-17-18-19-20-23(27)26(22-21-25)24(7-2)31(28-3,29-4)30-5;/h24H,6-22,25H2,1-5H3;1H. The fourth-order valence-electron chi connectivity index (χ4n) is 4.38. The van der Waals surface area contributed by atoms with Gasteiger partial charge in [-0.3, -0.25) is 4.79 Å². The molecule has 0 rings (SSSR count). The fourth-order valence-corrected chi connectivity index (χ4v) is 6.85. The Kier molecular flexibility index (Phi) is 24.0. The number of rotatable bonds is 22. The summed E-state index contributed by atoms with van der Waals surface area (Å²) >= 11 is 0. The van der Waals surface area contributed by atoms with Crippen molar-refractivity contribution in [2.45, 2.75) is 116 Å². The van der Waals surface area contributed by atoms with Gasteiger partial charge in [0.25, 0.3) is 0 Å². The molecule has 6 nitrogen and oxygen atoms in total. The van der Waals surface area contributed by atoms with Crippen LogP contribution in [0, 0.1) is 0 Å². The van der Waals surface area contributed by atoms with Crippen LogP contribution in [0.15, 0.2) is 0 Å². The van der Waals surface area contributed by atoms with E-state index >= 15 is 0 Å². The maximum absolute atomic E-state index is 13.0. The Bertz CT molecular complexity index is 421. The normalized spacial score (nSPS) is 12.4. The average molecular weight is 497 g/mol. The van der Waals surface area contributed by atoms with Crippen LogP contribution in [0.4, 0.5) is 0 Å². The lowest BCUT2D eigenvalue weighted by molar-refractivity contribution is -0.368. The molecule has 0 saturated heterocycles. The molecule has 32 heavy (non-hydrogen) atoms. The van der Waals surface area contributed by atoms with Crippen LogP contribution in [-0.4, -0.2) is 59.7 Å². The van der Waals surface area contributed by atoms with Gasteiger partial charge in [0.15, 0.2) is 0 Å². The minimum absolute atomic E-state index is 0. The summed E-state index contributed by atoms with van der Waals surface area (Å²) in [5, 5.41) is 0. The number of hydrogen-bond donors (Lipinski definition) is 1. The Morgan fingerprint density at radius 1 is 0.781 bits per heavy atom. The van der Waals surface area contributed by atoms with Crippen molar-refractivity contribution in [2.75, 3.05) is 34.4 Å². The van der Waals surface area contributed by atoms with Gasteiger partial charge in [-0.1, -0.05) is 90.9 Å². The first-order valence-electron chi connectivity index (χ1n) is 12.8. The fraction of sp³-hybridized carbons (Fsp3) is 0.958. The van der Waals surface area contributed by atoms with Crippen LogP contribution in [0.2, 0.25) is 0 Å². The first-order valence-corrected chi connectivity index (χ1v) is 14.6. The topological polar surface area (TPSA) is 75.6 Å². The highest BCUT2D eigenvalue weighted by Crippen LogP contribution is 2.22. The highest BCUT2D eigenvalue weighted by Gasteiger charge is 2.50. The van der Waals surface area contributed by atoms with E-state index in [2.05, 4.69) is 19.6 Å². The Hall–Kier alpha value is -0.183. The summed E-state index contributed by atoms with van der Waals surface area (Å²) in [6, 6.07) is 0. The summed E-state index contributed by atoms with van der Waals surface area (Å²) in [6.45, 7) is 5.60. The van der Waals surface area contributed by atoms with Crippen molar-refractivity contribution in [1.82, 2.24) is 4.90 Å². The van der Waals surface area contributed by atoms with Crippen molar-refractivity contribution in [3.05, 3.63) is 0 Å². The zero-order valence-electron chi connectivity index (χ0n) is 21.8. The third-order valence-corrected chi connectivity index (χ3v) is 9.48. The molecule has 0 aromatic heterocycles. The molecule has 0 radical (unpaired) electrons. The number of hydrogen-bond acceptors (Lipinski definition) is 4. The van der Waals surface area contributed by atoms with Gasteiger partial charge in [-0.15, -0.1) is 0 Å². The lowest BCUT2D eigenvalue weighted by Gasteiger charge is -2.39. The van der Waals surface area contributed by atoms with Crippen molar-refractivity contribution < 1.29 is 36.2 Å². The lowest BCUT2D eigenvalue weighted by Crippen LogP contribution is -3.00. The van der Waals surface area contributed by atoms with Gasteiger partial charge in [-0.25, -0.2) is 0 Å². The molecule has 0 aliphatic rings. The Morgan fingerprint density at radius 2 is 1.19 bits per heavy atom. The minimum atomic E-state index is -2.92. The summed E-state index contributed by atoms with van der Waals surface area (Å²) in [7, 11) is 1.92. The predicted molar refractivity (Wildman–Crippen MR) is 131 cm³/mol. The zero-order chi connectivity index (χ0) is 23.4. The number of unbranched alkanes of at least 4 members (excludes halogenated alkanes) is 12. The highest BCUT2D eigenvalue weighted by atomic mass is 35.5. The number of halogens is 1. The second kappa shape index (κ2) is 22.6. The van der Waals surface area contributed by atoms with Gasteiger partial charge in [-0.2, -0.15) is 0 Å². The monoisotopic (exact) mass is 496 g/mol. The Balaban J connectivity index is 0. The van der Waals surface area contributed by atoms with Crippen LogP contribution in [0.5, 0.6) is 0 Å². The Labute approximate surface area is 206 Å². The largest absolute Gasteiger partial charge is 1.00 e. The van der Waals surface area contributed by atoms with E-state index in [1.54, 1.807) is 21.3 Å². The zero-order valence-corrected chi connectivity index (χ0v) is 23.5. The van der Waals surface area contributed by atoms with Gasteiger partial charge in [0.1, 0.15) is 5.67 Å². The number of quaternary nitrogens is 1. The number of nitrogens with zero attached hydrogens (tertiary/aromatic N) is 1. The molecular formula is C24H53ClN2O4Si. The summed E-state index contributed by atoms with van der Waals surface area (Å²) in [6.07, 6.45) is 18.3. The van der Waals surface area contributed by atoms with E-state index in [0.29, 0.717) is 19.5 Å². The van der Waals surface area contributed by atoms with E-state index in [1.807, 2.05) is 4.90 Å². The maximum atomic E-state index is 13.0. The van der Waals surface area contributed by atoms with E-state index in [9.17, 15) is 4.79 Å². The third kappa shape index (κ3) is 13.5. The first kappa shape index (κ1) is 34.0. The molecule has 1 amide bonds. The van der Waals surface area contributed by atoms with E-state index in [-0.39, 0.29) is 24.0 Å². The molecule has 1 atom stereocenters. The molecule has 0 aromatic rings. The van der Waals surface area contributed by atoms with E-state index in [1.165, 1.54) is 70.6 Å². The molecule has 194 valence electrons. The summed E-state index contributed by atoms with van der Waals surface area (Å²) in [4.78, 5) is 14.9. The molecule has 0 fully saturated rings. The third-order valence-electron chi connectivity index (χ3n) is 6.24. The molecule has 0 heterocycles.